The molecule has 1 aromatic heterocycles. The predicted molar refractivity (Wildman–Crippen MR) is 110 cm³/mol. The number of benzene rings is 1. The Bertz CT molecular complexity index is 774. The van der Waals surface area contributed by atoms with E-state index < -0.39 is 0 Å². The van der Waals surface area contributed by atoms with Crippen molar-refractivity contribution in [3.05, 3.63) is 45.4 Å². The van der Waals surface area contributed by atoms with E-state index in [-0.39, 0.29) is 18.0 Å². The molecule has 0 fully saturated rings. The van der Waals surface area contributed by atoms with Gasteiger partial charge in [-0.1, -0.05) is 25.4 Å². The number of hydrogen-bond donors (Lipinski definition) is 2. The van der Waals surface area contributed by atoms with Gasteiger partial charge in [0.2, 0.25) is 0 Å². The Morgan fingerprint density at radius 3 is 2.44 bits per heavy atom. The molecule has 0 spiro atoms. The van der Waals surface area contributed by atoms with Crippen molar-refractivity contribution >= 4 is 40.6 Å². The lowest BCUT2D eigenvalue weighted by Crippen LogP contribution is -2.39. The summed E-state index contributed by atoms with van der Waals surface area (Å²) in [7, 11) is 0. The van der Waals surface area contributed by atoms with Crippen LogP contribution in [0.5, 0.6) is 0 Å². The van der Waals surface area contributed by atoms with Crippen molar-refractivity contribution in [3.8, 4) is 0 Å². The van der Waals surface area contributed by atoms with Gasteiger partial charge in [-0.2, -0.15) is 0 Å². The monoisotopic (exact) mass is 408 g/mol. The Morgan fingerprint density at radius 1 is 1.19 bits per heavy atom. The van der Waals surface area contributed by atoms with Crippen molar-refractivity contribution in [1.82, 2.24) is 15.2 Å². The van der Waals surface area contributed by atoms with Gasteiger partial charge in [0.1, 0.15) is 10.7 Å². The third kappa shape index (κ3) is 6.52. The first kappa shape index (κ1) is 21.2. The summed E-state index contributed by atoms with van der Waals surface area (Å²) in [6.07, 6.45) is 0. The second-order valence-corrected chi connectivity index (χ2v) is 8.27. The second-order valence-electron chi connectivity index (χ2n) is 6.89. The van der Waals surface area contributed by atoms with Gasteiger partial charge in [0.25, 0.3) is 5.91 Å². The van der Waals surface area contributed by atoms with Crippen molar-refractivity contribution < 1.29 is 9.59 Å². The van der Waals surface area contributed by atoms with E-state index in [1.165, 1.54) is 11.3 Å². The maximum atomic E-state index is 12.6. The third-order valence-corrected chi connectivity index (χ3v) is 4.83. The SMILES string of the molecule is CC(C)CNC(=O)c1csc(CN(C(=O)Nc2ccc(Cl)cc2)C(C)C)n1. The number of carbonyl (C=O) groups excluding carboxylic acids is 2. The van der Waals surface area contributed by atoms with E-state index in [1.807, 2.05) is 27.7 Å². The summed E-state index contributed by atoms with van der Waals surface area (Å²) in [5, 5.41) is 8.75. The number of nitrogens with zero attached hydrogens (tertiary/aromatic N) is 2. The molecule has 0 unspecified atom stereocenters. The summed E-state index contributed by atoms with van der Waals surface area (Å²) in [5.41, 5.74) is 1.06. The van der Waals surface area contributed by atoms with Crippen LogP contribution in [0.3, 0.4) is 0 Å². The number of anilines is 1. The van der Waals surface area contributed by atoms with E-state index >= 15 is 0 Å². The molecule has 0 saturated carbocycles. The van der Waals surface area contributed by atoms with Crippen LogP contribution < -0.4 is 10.6 Å². The maximum absolute atomic E-state index is 12.6. The van der Waals surface area contributed by atoms with Gasteiger partial charge in [0.15, 0.2) is 0 Å². The highest BCUT2D eigenvalue weighted by molar-refractivity contribution is 7.09. The van der Waals surface area contributed by atoms with Gasteiger partial charge < -0.3 is 15.5 Å². The topological polar surface area (TPSA) is 74.3 Å². The molecule has 3 amide bonds. The predicted octanol–water partition coefficient (Wildman–Crippen LogP) is 4.62. The molecule has 27 heavy (non-hydrogen) atoms. The molecule has 0 bridgehead atoms. The summed E-state index contributed by atoms with van der Waals surface area (Å²) in [5.74, 6) is 0.188. The highest BCUT2D eigenvalue weighted by Crippen LogP contribution is 2.17. The number of hydrogen-bond acceptors (Lipinski definition) is 4. The van der Waals surface area contributed by atoms with Crippen molar-refractivity contribution in [2.45, 2.75) is 40.3 Å². The standard InChI is InChI=1S/C19H25ClN4O2S/c1-12(2)9-21-18(25)16-11-27-17(23-16)10-24(13(3)4)19(26)22-15-7-5-14(20)6-8-15/h5-8,11-13H,9-10H2,1-4H3,(H,21,25)(H,22,26). The summed E-state index contributed by atoms with van der Waals surface area (Å²) in [4.78, 5) is 30.8. The van der Waals surface area contributed by atoms with Crippen LogP contribution in [0, 0.1) is 5.92 Å². The average Bonchev–Trinajstić information content (AvgIpc) is 3.08. The number of carbonyl (C=O) groups is 2. The Balaban J connectivity index is 2.02. The first-order chi connectivity index (χ1) is 12.8. The molecule has 146 valence electrons. The molecule has 0 atom stereocenters. The highest BCUT2D eigenvalue weighted by atomic mass is 35.5. The molecule has 0 aliphatic carbocycles. The van der Waals surface area contributed by atoms with Crippen LogP contribution in [0.2, 0.25) is 5.02 Å². The Hall–Kier alpha value is -2.12. The summed E-state index contributed by atoms with van der Waals surface area (Å²) < 4.78 is 0. The third-order valence-electron chi connectivity index (χ3n) is 3.74. The lowest BCUT2D eigenvalue weighted by molar-refractivity contribution is 0.0944. The van der Waals surface area contributed by atoms with E-state index in [1.54, 1.807) is 34.5 Å². The minimum absolute atomic E-state index is 0.0283. The summed E-state index contributed by atoms with van der Waals surface area (Å²) in [6, 6.07) is 6.69. The number of urea groups is 1. The van der Waals surface area contributed by atoms with Gasteiger partial charge in [-0.25, -0.2) is 9.78 Å². The van der Waals surface area contributed by atoms with Crippen molar-refractivity contribution in [2.24, 2.45) is 5.92 Å². The lowest BCUT2D eigenvalue weighted by Gasteiger charge is -2.26. The van der Waals surface area contributed by atoms with Crippen LogP contribution in [0.4, 0.5) is 10.5 Å². The zero-order valence-electron chi connectivity index (χ0n) is 16.0. The molecule has 0 saturated heterocycles. The van der Waals surface area contributed by atoms with Gasteiger partial charge in [-0.15, -0.1) is 11.3 Å². The first-order valence-corrected chi connectivity index (χ1v) is 10.1. The Morgan fingerprint density at radius 2 is 1.85 bits per heavy atom. The van der Waals surface area contributed by atoms with Crippen LogP contribution in [-0.2, 0) is 6.54 Å². The lowest BCUT2D eigenvalue weighted by atomic mass is 10.2. The maximum Gasteiger partial charge on any atom is 0.322 e. The zero-order chi connectivity index (χ0) is 20.0. The molecule has 1 heterocycles. The number of rotatable bonds is 7. The molecular weight excluding hydrogens is 384 g/mol. The molecule has 0 aliphatic rings. The molecule has 0 radical (unpaired) electrons. The minimum Gasteiger partial charge on any atom is -0.350 e. The normalized spacial score (nSPS) is 10.9. The quantitative estimate of drug-likeness (QED) is 0.701. The molecule has 2 rings (SSSR count). The summed E-state index contributed by atoms with van der Waals surface area (Å²) in [6.45, 7) is 8.88. The molecule has 2 aromatic rings. The fourth-order valence-electron chi connectivity index (χ4n) is 2.24. The molecule has 8 heteroatoms. The fourth-order valence-corrected chi connectivity index (χ4v) is 3.14. The smallest absolute Gasteiger partial charge is 0.322 e. The largest absolute Gasteiger partial charge is 0.350 e. The van der Waals surface area contributed by atoms with Crippen LogP contribution in [0.1, 0.15) is 43.2 Å². The van der Waals surface area contributed by atoms with E-state index in [0.29, 0.717) is 40.4 Å². The first-order valence-electron chi connectivity index (χ1n) is 8.82. The van der Waals surface area contributed by atoms with Gasteiger partial charge in [-0.05, 0) is 44.0 Å². The van der Waals surface area contributed by atoms with E-state index in [0.717, 1.165) is 0 Å². The van der Waals surface area contributed by atoms with Gasteiger partial charge in [0, 0.05) is 28.7 Å². The number of aromatic nitrogens is 1. The highest BCUT2D eigenvalue weighted by Gasteiger charge is 2.20. The zero-order valence-corrected chi connectivity index (χ0v) is 17.5. The van der Waals surface area contributed by atoms with Gasteiger partial charge in [0.05, 0.1) is 6.54 Å². The van der Waals surface area contributed by atoms with E-state index in [9.17, 15) is 9.59 Å². The van der Waals surface area contributed by atoms with Crippen molar-refractivity contribution in [3.63, 3.8) is 0 Å². The molecule has 1 aromatic carbocycles. The Kier molecular flexibility index (Phi) is 7.62. The number of halogens is 1. The average molecular weight is 409 g/mol. The van der Waals surface area contributed by atoms with Crippen LogP contribution >= 0.6 is 22.9 Å². The fraction of sp³-hybridized carbons (Fsp3) is 0.421. The van der Waals surface area contributed by atoms with Gasteiger partial charge in [-0.3, -0.25) is 4.79 Å². The van der Waals surface area contributed by atoms with Crippen LogP contribution in [-0.4, -0.2) is 34.4 Å². The molecule has 0 aliphatic heterocycles. The van der Waals surface area contributed by atoms with Crippen LogP contribution in [0.25, 0.3) is 0 Å². The van der Waals surface area contributed by atoms with E-state index in [2.05, 4.69) is 15.6 Å². The van der Waals surface area contributed by atoms with Crippen molar-refractivity contribution in [2.75, 3.05) is 11.9 Å². The number of amides is 3. The number of thiazole rings is 1. The van der Waals surface area contributed by atoms with Gasteiger partial charge >= 0.3 is 6.03 Å². The molecular formula is C19H25ClN4O2S. The van der Waals surface area contributed by atoms with E-state index in [4.69, 9.17) is 11.6 Å². The summed E-state index contributed by atoms with van der Waals surface area (Å²) >= 11 is 7.25. The Labute approximate surface area is 168 Å². The molecule has 2 N–H and O–H groups in total. The second kappa shape index (κ2) is 9.71. The number of nitrogens with one attached hydrogen (secondary N) is 2. The van der Waals surface area contributed by atoms with Crippen LogP contribution in [0.15, 0.2) is 29.6 Å². The minimum atomic E-state index is -0.228. The van der Waals surface area contributed by atoms with Crippen molar-refractivity contribution in [1.29, 1.82) is 0 Å². The molecule has 6 nitrogen and oxygen atoms in total.